The number of rotatable bonds is 6. The van der Waals surface area contributed by atoms with Crippen LogP contribution in [0.2, 0.25) is 0 Å². The van der Waals surface area contributed by atoms with Gasteiger partial charge in [0.2, 0.25) is 6.79 Å². The molecular weight excluding hydrogens is 446 g/mol. The highest BCUT2D eigenvalue weighted by atomic mass is 16.7. The third kappa shape index (κ3) is 4.57. The predicted molar refractivity (Wildman–Crippen MR) is 128 cm³/mol. The van der Waals surface area contributed by atoms with E-state index < -0.39 is 6.10 Å². The molecule has 2 amide bonds. The molecule has 2 aliphatic heterocycles. The predicted octanol–water partition coefficient (Wildman–Crippen LogP) is 3.32. The Labute approximate surface area is 203 Å². The molecule has 1 atom stereocenters. The number of nitrogens with zero attached hydrogens (tertiary/aromatic N) is 2. The van der Waals surface area contributed by atoms with Gasteiger partial charge in [0.1, 0.15) is 0 Å². The molecule has 1 aromatic heterocycles. The molecular formula is C27H27N3O5. The summed E-state index contributed by atoms with van der Waals surface area (Å²) in [5, 5.41) is 3.01. The molecule has 0 fully saturated rings. The van der Waals surface area contributed by atoms with E-state index >= 15 is 0 Å². The second-order valence-corrected chi connectivity index (χ2v) is 8.61. The number of carbonyl (C=O) groups is 2. The zero-order valence-corrected chi connectivity index (χ0v) is 19.7. The maximum absolute atomic E-state index is 13.2. The van der Waals surface area contributed by atoms with E-state index in [1.54, 1.807) is 18.2 Å². The molecule has 2 aromatic carbocycles. The maximum Gasteiger partial charge on any atom is 0.254 e. The average molecular weight is 474 g/mol. The van der Waals surface area contributed by atoms with E-state index in [1.165, 1.54) is 7.11 Å². The Morgan fingerprint density at radius 2 is 1.94 bits per heavy atom. The van der Waals surface area contributed by atoms with Crippen molar-refractivity contribution in [2.75, 3.05) is 20.4 Å². The van der Waals surface area contributed by atoms with Crippen molar-refractivity contribution in [3.8, 4) is 11.5 Å². The van der Waals surface area contributed by atoms with Crippen LogP contribution in [0.1, 0.15) is 44.4 Å². The van der Waals surface area contributed by atoms with Crippen molar-refractivity contribution in [1.82, 2.24) is 15.2 Å². The van der Waals surface area contributed by atoms with Crippen LogP contribution in [0.4, 0.5) is 0 Å². The largest absolute Gasteiger partial charge is 0.454 e. The maximum atomic E-state index is 13.2. The summed E-state index contributed by atoms with van der Waals surface area (Å²) >= 11 is 0. The zero-order chi connectivity index (χ0) is 24.4. The van der Waals surface area contributed by atoms with E-state index in [0.29, 0.717) is 43.1 Å². The van der Waals surface area contributed by atoms with Crippen molar-refractivity contribution in [3.05, 3.63) is 88.2 Å². The summed E-state index contributed by atoms with van der Waals surface area (Å²) in [5.74, 6) is 0.981. The smallest absolute Gasteiger partial charge is 0.254 e. The number of methoxy groups -OCH3 is 1. The van der Waals surface area contributed by atoms with Crippen LogP contribution >= 0.6 is 0 Å². The van der Waals surface area contributed by atoms with Gasteiger partial charge in [-0.15, -0.1) is 0 Å². The Morgan fingerprint density at radius 1 is 1.14 bits per heavy atom. The molecule has 35 heavy (non-hydrogen) atoms. The number of nitrogens with one attached hydrogen (secondary N) is 1. The second kappa shape index (κ2) is 9.76. The molecule has 0 radical (unpaired) electrons. The lowest BCUT2D eigenvalue weighted by Gasteiger charge is -2.30. The van der Waals surface area contributed by atoms with Gasteiger partial charge in [-0.1, -0.05) is 30.3 Å². The minimum absolute atomic E-state index is 0.0600. The molecule has 8 heteroatoms. The second-order valence-electron chi connectivity index (χ2n) is 8.61. The fourth-order valence-electron chi connectivity index (χ4n) is 4.63. The SMILES string of the molecule is CO[C@@H](C(=O)NCc1c(C)ncc2c1CCN(C(=O)c1ccc3c(c1)OCO3)C2)c1ccccc1. The van der Waals surface area contributed by atoms with Crippen molar-refractivity contribution < 1.29 is 23.8 Å². The van der Waals surface area contributed by atoms with E-state index in [1.807, 2.05) is 48.4 Å². The Balaban J connectivity index is 1.30. The number of aryl methyl sites for hydroxylation is 1. The van der Waals surface area contributed by atoms with Gasteiger partial charge in [-0.2, -0.15) is 0 Å². The Hall–Kier alpha value is -3.91. The summed E-state index contributed by atoms with van der Waals surface area (Å²) in [4.78, 5) is 32.4. The lowest BCUT2D eigenvalue weighted by molar-refractivity contribution is -0.131. The van der Waals surface area contributed by atoms with Gasteiger partial charge in [-0.05, 0) is 53.8 Å². The summed E-state index contributed by atoms with van der Waals surface area (Å²) in [5.41, 5.74) is 5.36. The van der Waals surface area contributed by atoms with Crippen LogP contribution in [0.15, 0.2) is 54.7 Å². The van der Waals surface area contributed by atoms with Crippen molar-refractivity contribution >= 4 is 11.8 Å². The number of pyridine rings is 1. The number of fused-ring (bicyclic) bond motifs is 2. The number of carbonyl (C=O) groups excluding carboxylic acids is 2. The molecule has 3 aromatic rings. The molecule has 0 aliphatic carbocycles. The monoisotopic (exact) mass is 473 g/mol. The van der Waals surface area contributed by atoms with E-state index in [-0.39, 0.29) is 18.6 Å². The molecule has 8 nitrogen and oxygen atoms in total. The first-order valence-corrected chi connectivity index (χ1v) is 11.6. The molecule has 0 bridgehead atoms. The highest BCUT2D eigenvalue weighted by molar-refractivity contribution is 5.95. The molecule has 2 aliphatic rings. The molecule has 0 unspecified atom stereocenters. The Morgan fingerprint density at radius 3 is 2.74 bits per heavy atom. The first-order valence-electron chi connectivity index (χ1n) is 11.6. The molecule has 5 rings (SSSR count). The summed E-state index contributed by atoms with van der Waals surface area (Å²) < 4.78 is 16.2. The first kappa shape index (κ1) is 22.9. The van der Waals surface area contributed by atoms with Crippen LogP contribution in [0.25, 0.3) is 0 Å². The molecule has 0 saturated heterocycles. The van der Waals surface area contributed by atoms with Gasteiger partial charge < -0.3 is 24.4 Å². The normalized spacial score (nSPS) is 14.9. The van der Waals surface area contributed by atoms with Crippen molar-refractivity contribution in [2.24, 2.45) is 0 Å². The van der Waals surface area contributed by atoms with Crippen LogP contribution in [-0.4, -0.2) is 42.1 Å². The minimum atomic E-state index is -0.682. The molecule has 1 N–H and O–H groups in total. The van der Waals surface area contributed by atoms with Crippen molar-refractivity contribution in [1.29, 1.82) is 0 Å². The number of benzene rings is 2. The standard InChI is InChI=1S/C27H27N3O5/c1-17-22(14-29-26(31)25(33-2)18-6-4-3-5-7-18)21-10-11-30(15-20(21)13-28-17)27(32)19-8-9-23-24(12-19)35-16-34-23/h3-9,12-13,25H,10-11,14-16H2,1-2H3,(H,29,31)/t25-/m1/s1. The summed E-state index contributed by atoms with van der Waals surface area (Å²) in [6, 6.07) is 14.7. The van der Waals surface area contributed by atoms with Crippen LogP contribution in [-0.2, 0) is 29.0 Å². The van der Waals surface area contributed by atoms with Gasteiger partial charge in [0, 0.05) is 44.2 Å². The average Bonchev–Trinajstić information content (AvgIpc) is 3.36. The van der Waals surface area contributed by atoms with Gasteiger partial charge >= 0.3 is 0 Å². The van der Waals surface area contributed by atoms with Gasteiger partial charge in [-0.3, -0.25) is 14.6 Å². The van der Waals surface area contributed by atoms with Gasteiger partial charge in [-0.25, -0.2) is 0 Å². The molecule has 180 valence electrons. The van der Waals surface area contributed by atoms with E-state index in [0.717, 1.165) is 27.9 Å². The van der Waals surface area contributed by atoms with E-state index in [9.17, 15) is 9.59 Å². The van der Waals surface area contributed by atoms with Crippen LogP contribution in [0.3, 0.4) is 0 Å². The van der Waals surface area contributed by atoms with Crippen LogP contribution in [0, 0.1) is 6.92 Å². The van der Waals surface area contributed by atoms with E-state index in [4.69, 9.17) is 14.2 Å². The van der Waals surface area contributed by atoms with E-state index in [2.05, 4.69) is 10.3 Å². The highest BCUT2D eigenvalue weighted by Gasteiger charge is 2.27. The molecule has 0 saturated carbocycles. The lowest BCUT2D eigenvalue weighted by atomic mass is 9.94. The third-order valence-corrected chi connectivity index (χ3v) is 6.52. The van der Waals surface area contributed by atoms with Gasteiger partial charge in [0.15, 0.2) is 17.6 Å². The van der Waals surface area contributed by atoms with Crippen LogP contribution < -0.4 is 14.8 Å². The first-order chi connectivity index (χ1) is 17.0. The Kier molecular flexibility index (Phi) is 6.37. The number of aromatic nitrogens is 1. The van der Waals surface area contributed by atoms with Crippen molar-refractivity contribution in [3.63, 3.8) is 0 Å². The number of ether oxygens (including phenoxy) is 3. The zero-order valence-electron chi connectivity index (χ0n) is 19.7. The summed E-state index contributed by atoms with van der Waals surface area (Å²) in [6.45, 7) is 3.50. The number of amides is 2. The summed E-state index contributed by atoms with van der Waals surface area (Å²) in [7, 11) is 1.53. The number of hydrogen-bond acceptors (Lipinski definition) is 6. The topological polar surface area (TPSA) is 90.0 Å². The Bertz CT molecular complexity index is 1260. The van der Waals surface area contributed by atoms with Gasteiger partial charge in [0.05, 0.1) is 0 Å². The van der Waals surface area contributed by atoms with Crippen molar-refractivity contribution in [2.45, 2.75) is 32.5 Å². The summed E-state index contributed by atoms with van der Waals surface area (Å²) in [6.07, 6.45) is 1.84. The molecule has 0 spiro atoms. The molecule has 3 heterocycles. The quantitative estimate of drug-likeness (QED) is 0.591. The fraction of sp³-hybridized carbons (Fsp3) is 0.296. The number of hydrogen-bond donors (Lipinski definition) is 1. The third-order valence-electron chi connectivity index (χ3n) is 6.52. The fourth-order valence-corrected chi connectivity index (χ4v) is 4.63. The highest BCUT2D eigenvalue weighted by Crippen LogP contribution is 2.33. The minimum Gasteiger partial charge on any atom is -0.454 e. The van der Waals surface area contributed by atoms with Crippen LogP contribution in [0.5, 0.6) is 11.5 Å². The lowest BCUT2D eigenvalue weighted by Crippen LogP contribution is -2.37. The van der Waals surface area contributed by atoms with Gasteiger partial charge in [0.25, 0.3) is 11.8 Å².